The molecule has 0 aliphatic heterocycles. The molecule has 0 unspecified atom stereocenters. The highest BCUT2D eigenvalue weighted by atomic mass is 16.9. The zero-order valence-electron chi connectivity index (χ0n) is 19.1. The summed E-state index contributed by atoms with van der Waals surface area (Å²) < 4.78 is 0. The molecule has 0 bridgehead atoms. The summed E-state index contributed by atoms with van der Waals surface area (Å²) in [7, 11) is 0. The predicted molar refractivity (Wildman–Crippen MR) is 119 cm³/mol. The van der Waals surface area contributed by atoms with E-state index in [1.54, 1.807) is 0 Å². The maximum Gasteiger partial charge on any atom is 0.303 e. The summed E-state index contributed by atoms with van der Waals surface area (Å²) in [5.74, 6) is -1.33. The van der Waals surface area contributed by atoms with E-state index in [1.807, 2.05) is 0 Å². The zero-order chi connectivity index (χ0) is 23.5. The Labute approximate surface area is 182 Å². The van der Waals surface area contributed by atoms with Crippen LogP contribution < -0.4 is 0 Å². The number of carboxylic acid groups (broad SMARTS) is 2. The fraction of sp³-hybridized carbons (Fsp3) is 0.909. The summed E-state index contributed by atoms with van der Waals surface area (Å²) in [6.07, 6.45) is 20.2. The Morgan fingerprint density at radius 1 is 0.600 bits per heavy atom. The van der Waals surface area contributed by atoms with Crippen molar-refractivity contribution in [2.45, 2.75) is 129 Å². The van der Waals surface area contributed by atoms with Crippen molar-refractivity contribution in [2.75, 3.05) is 0 Å². The molecule has 180 valence electrons. The SMILES string of the molecule is CCCCCCCC(=O)O.CCCCCCCCCCCCCC(=O)O.O=[N+]([O-])O. The van der Waals surface area contributed by atoms with Crippen LogP contribution in [0.5, 0.6) is 0 Å². The molecule has 0 saturated heterocycles. The van der Waals surface area contributed by atoms with E-state index >= 15 is 0 Å². The molecular formula is C22H45NO7. The maximum absolute atomic E-state index is 10.3. The number of nitrogens with zero attached hydrogens (tertiary/aromatic N) is 1. The molecule has 0 aromatic rings. The third-order valence-electron chi connectivity index (χ3n) is 4.49. The smallest absolute Gasteiger partial charge is 0.303 e. The summed E-state index contributed by atoms with van der Waals surface area (Å²) >= 11 is 0. The van der Waals surface area contributed by atoms with Gasteiger partial charge in [-0.1, -0.05) is 104 Å². The lowest BCUT2D eigenvalue weighted by atomic mass is 10.1. The van der Waals surface area contributed by atoms with E-state index in [-0.39, 0.29) is 0 Å². The predicted octanol–water partition coefficient (Wildman–Crippen LogP) is 6.86. The molecule has 0 saturated carbocycles. The van der Waals surface area contributed by atoms with Gasteiger partial charge in [-0.25, -0.2) is 0 Å². The van der Waals surface area contributed by atoms with E-state index in [2.05, 4.69) is 13.8 Å². The first kappa shape index (κ1) is 32.8. The number of carbonyl (C=O) groups is 2. The van der Waals surface area contributed by atoms with Crippen LogP contribution in [0.2, 0.25) is 0 Å². The fourth-order valence-electron chi connectivity index (χ4n) is 2.82. The van der Waals surface area contributed by atoms with Crippen molar-refractivity contribution in [1.29, 1.82) is 0 Å². The van der Waals surface area contributed by atoms with Gasteiger partial charge < -0.3 is 15.4 Å². The number of aliphatic carboxylic acids is 2. The van der Waals surface area contributed by atoms with E-state index in [4.69, 9.17) is 25.5 Å². The highest BCUT2D eigenvalue weighted by Gasteiger charge is 1.97. The largest absolute Gasteiger partial charge is 0.481 e. The zero-order valence-corrected chi connectivity index (χ0v) is 19.1. The van der Waals surface area contributed by atoms with Gasteiger partial charge in [0.15, 0.2) is 0 Å². The van der Waals surface area contributed by atoms with E-state index in [1.165, 1.54) is 77.0 Å². The average Bonchev–Trinajstić information content (AvgIpc) is 2.65. The van der Waals surface area contributed by atoms with Crippen molar-refractivity contribution in [2.24, 2.45) is 0 Å². The van der Waals surface area contributed by atoms with Gasteiger partial charge in [-0.15, -0.1) is 10.1 Å². The standard InChI is InChI=1S/C14H28O2.C8H16O2.HNO3/c1-2-3-4-5-6-7-8-9-10-11-12-13-14(15)16;1-2-3-4-5-6-7-8(9)10;2-1(3)4/h2-13H2,1H3,(H,15,16);2-7H2,1H3,(H,9,10);(H,2,3,4). The number of hydrogen-bond donors (Lipinski definition) is 3. The van der Waals surface area contributed by atoms with Gasteiger partial charge in [0.1, 0.15) is 0 Å². The Morgan fingerprint density at radius 2 is 0.800 bits per heavy atom. The van der Waals surface area contributed by atoms with Gasteiger partial charge in [0.2, 0.25) is 0 Å². The van der Waals surface area contributed by atoms with Gasteiger partial charge >= 0.3 is 11.9 Å². The molecule has 0 aliphatic carbocycles. The first-order valence-electron chi connectivity index (χ1n) is 11.5. The van der Waals surface area contributed by atoms with Gasteiger partial charge in [-0.05, 0) is 12.8 Å². The van der Waals surface area contributed by atoms with Crippen molar-refractivity contribution in [3.05, 3.63) is 10.1 Å². The highest BCUT2D eigenvalue weighted by Crippen LogP contribution is 2.11. The molecule has 0 rings (SSSR count). The van der Waals surface area contributed by atoms with Crippen molar-refractivity contribution in [1.82, 2.24) is 0 Å². The normalized spacial score (nSPS) is 9.67. The summed E-state index contributed by atoms with van der Waals surface area (Å²) in [6, 6.07) is 0. The molecule has 0 atom stereocenters. The summed E-state index contributed by atoms with van der Waals surface area (Å²) in [4.78, 5) is 28.7. The Kier molecular flexibility index (Phi) is 32.1. The minimum atomic E-state index is -1.50. The quantitative estimate of drug-likeness (QED) is 0.121. The Hall–Kier alpha value is -1.86. The van der Waals surface area contributed by atoms with Gasteiger partial charge in [0.05, 0.1) is 0 Å². The number of carboxylic acids is 2. The molecule has 0 aliphatic rings. The van der Waals surface area contributed by atoms with E-state index in [9.17, 15) is 9.59 Å². The van der Waals surface area contributed by atoms with Crippen molar-refractivity contribution < 1.29 is 30.1 Å². The molecule has 0 heterocycles. The molecule has 0 aromatic carbocycles. The Bertz CT molecular complexity index is 386. The van der Waals surface area contributed by atoms with Crippen molar-refractivity contribution in [3.8, 4) is 0 Å². The molecule has 0 spiro atoms. The lowest BCUT2D eigenvalue weighted by Crippen LogP contribution is -1.93. The molecule has 0 radical (unpaired) electrons. The molecule has 0 amide bonds. The highest BCUT2D eigenvalue weighted by molar-refractivity contribution is 5.66. The van der Waals surface area contributed by atoms with Crippen LogP contribution in [0.4, 0.5) is 0 Å². The van der Waals surface area contributed by atoms with Gasteiger partial charge in [0, 0.05) is 12.8 Å². The minimum Gasteiger partial charge on any atom is -0.481 e. The Morgan fingerprint density at radius 3 is 1.00 bits per heavy atom. The number of unbranched alkanes of at least 4 members (excludes halogenated alkanes) is 14. The first-order valence-corrected chi connectivity index (χ1v) is 11.5. The first-order chi connectivity index (χ1) is 14.3. The Balaban J connectivity index is -0.000000442. The number of rotatable bonds is 18. The van der Waals surface area contributed by atoms with E-state index in [0.717, 1.165) is 25.7 Å². The van der Waals surface area contributed by atoms with Crippen LogP contribution in [-0.2, 0) is 9.59 Å². The van der Waals surface area contributed by atoms with Gasteiger partial charge in [-0.3, -0.25) is 9.59 Å². The van der Waals surface area contributed by atoms with Gasteiger partial charge in [0.25, 0.3) is 5.09 Å². The van der Waals surface area contributed by atoms with Gasteiger partial charge in [-0.2, -0.15) is 0 Å². The second-order valence-corrected chi connectivity index (χ2v) is 7.48. The number of hydrogen-bond acceptors (Lipinski definition) is 4. The third-order valence-corrected chi connectivity index (χ3v) is 4.49. The van der Waals surface area contributed by atoms with Crippen LogP contribution in [0.15, 0.2) is 0 Å². The summed E-state index contributed by atoms with van der Waals surface area (Å²) in [6.45, 7) is 4.40. The molecule has 0 fully saturated rings. The van der Waals surface area contributed by atoms with Crippen molar-refractivity contribution >= 4 is 11.9 Å². The topological polar surface area (TPSA) is 138 Å². The van der Waals surface area contributed by atoms with Crippen LogP contribution in [0, 0.1) is 10.1 Å². The lowest BCUT2D eigenvalue weighted by Gasteiger charge is -2.01. The fourth-order valence-corrected chi connectivity index (χ4v) is 2.82. The average molecular weight is 436 g/mol. The van der Waals surface area contributed by atoms with Crippen LogP contribution in [0.3, 0.4) is 0 Å². The third kappa shape index (κ3) is 50.2. The maximum atomic E-state index is 10.3. The van der Waals surface area contributed by atoms with Crippen LogP contribution in [-0.4, -0.2) is 32.4 Å². The van der Waals surface area contributed by atoms with Crippen LogP contribution in [0.25, 0.3) is 0 Å². The minimum absolute atomic E-state index is 0.337. The molecule has 3 N–H and O–H groups in total. The summed E-state index contributed by atoms with van der Waals surface area (Å²) in [5, 5.41) is 30.4. The second kappa shape index (κ2) is 29.3. The van der Waals surface area contributed by atoms with Crippen LogP contribution in [0.1, 0.15) is 129 Å². The summed E-state index contributed by atoms with van der Waals surface area (Å²) in [5.41, 5.74) is 0. The van der Waals surface area contributed by atoms with Crippen LogP contribution >= 0.6 is 0 Å². The molecule has 8 heteroatoms. The monoisotopic (exact) mass is 435 g/mol. The van der Waals surface area contributed by atoms with E-state index < -0.39 is 17.0 Å². The van der Waals surface area contributed by atoms with E-state index in [0.29, 0.717) is 12.8 Å². The molecule has 30 heavy (non-hydrogen) atoms. The van der Waals surface area contributed by atoms with Crippen molar-refractivity contribution in [3.63, 3.8) is 0 Å². The molecular weight excluding hydrogens is 390 g/mol. The second-order valence-electron chi connectivity index (χ2n) is 7.48. The molecule has 0 aromatic heterocycles. The molecule has 8 nitrogen and oxygen atoms in total. The lowest BCUT2D eigenvalue weighted by molar-refractivity contribution is -0.742.